The molecule has 1 aromatic carbocycles. The van der Waals surface area contributed by atoms with Gasteiger partial charge in [0.1, 0.15) is 11.6 Å². The van der Waals surface area contributed by atoms with Crippen molar-refractivity contribution in [2.75, 3.05) is 0 Å². The van der Waals surface area contributed by atoms with Crippen molar-refractivity contribution in [3.05, 3.63) is 35.1 Å². The molecule has 0 fully saturated rings. The van der Waals surface area contributed by atoms with Crippen LogP contribution >= 0.6 is 0 Å². The van der Waals surface area contributed by atoms with Crippen molar-refractivity contribution in [2.45, 2.75) is 20.3 Å². The topological polar surface area (TPSA) is 60.2 Å². The quantitative estimate of drug-likeness (QED) is 0.844. The SMILES string of the molecule is CC(=O)C(C)Cc1ccc(C(N)=O)c(F)c1. The third-order valence-electron chi connectivity index (χ3n) is 2.53. The number of hydrogen-bond donors (Lipinski definition) is 1. The number of ketones is 1. The van der Waals surface area contributed by atoms with Crippen LogP contribution in [0.2, 0.25) is 0 Å². The summed E-state index contributed by atoms with van der Waals surface area (Å²) in [5, 5.41) is 0. The number of carbonyl (C=O) groups excluding carboxylic acids is 2. The van der Waals surface area contributed by atoms with Gasteiger partial charge in [-0.2, -0.15) is 0 Å². The number of Topliss-reactive ketones (excluding diaryl/α,β-unsaturated/α-hetero) is 1. The molecule has 3 nitrogen and oxygen atoms in total. The summed E-state index contributed by atoms with van der Waals surface area (Å²) >= 11 is 0. The fourth-order valence-electron chi connectivity index (χ4n) is 1.38. The maximum Gasteiger partial charge on any atom is 0.251 e. The van der Waals surface area contributed by atoms with Crippen molar-refractivity contribution in [1.82, 2.24) is 0 Å². The molecule has 1 aromatic rings. The summed E-state index contributed by atoms with van der Waals surface area (Å²) in [7, 11) is 0. The van der Waals surface area contributed by atoms with Crippen LogP contribution in [0.15, 0.2) is 18.2 Å². The van der Waals surface area contributed by atoms with Gasteiger partial charge in [0, 0.05) is 5.92 Å². The van der Waals surface area contributed by atoms with E-state index in [1.54, 1.807) is 13.0 Å². The van der Waals surface area contributed by atoms with Crippen LogP contribution < -0.4 is 5.73 Å². The minimum atomic E-state index is -0.788. The van der Waals surface area contributed by atoms with Gasteiger partial charge in [-0.3, -0.25) is 9.59 Å². The fraction of sp³-hybridized carbons (Fsp3) is 0.333. The second-order valence-corrected chi connectivity index (χ2v) is 3.89. The van der Waals surface area contributed by atoms with Gasteiger partial charge in [0.2, 0.25) is 0 Å². The van der Waals surface area contributed by atoms with Gasteiger partial charge in [0.25, 0.3) is 5.91 Å². The second kappa shape index (κ2) is 4.88. The molecule has 0 radical (unpaired) electrons. The predicted octanol–water partition coefficient (Wildman–Crippen LogP) is 1.69. The van der Waals surface area contributed by atoms with Crippen molar-refractivity contribution < 1.29 is 14.0 Å². The minimum absolute atomic E-state index is 0.0550. The average Bonchev–Trinajstić information content (AvgIpc) is 2.16. The van der Waals surface area contributed by atoms with E-state index < -0.39 is 11.7 Å². The van der Waals surface area contributed by atoms with Crippen LogP contribution in [0.1, 0.15) is 29.8 Å². The zero-order chi connectivity index (χ0) is 12.3. The van der Waals surface area contributed by atoms with Gasteiger partial charge < -0.3 is 5.73 Å². The van der Waals surface area contributed by atoms with Crippen LogP contribution in [0.25, 0.3) is 0 Å². The molecule has 1 unspecified atom stereocenters. The van der Waals surface area contributed by atoms with Crippen molar-refractivity contribution in [1.29, 1.82) is 0 Å². The van der Waals surface area contributed by atoms with Crippen LogP contribution in [-0.2, 0) is 11.2 Å². The Kier molecular flexibility index (Phi) is 3.77. The van der Waals surface area contributed by atoms with Gasteiger partial charge in [-0.25, -0.2) is 4.39 Å². The third-order valence-corrected chi connectivity index (χ3v) is 2.53. The van der Waals surface area contributed by atoms with Gasteiger partial charge in [0.05, 0.1) is 5.56 Å². The first-order chi connectivity index (χ1) is 7.41. The first kappa shape index (κ1) is 12.4. The number of carbonyl (C=O) groups is 2. The zero-order valence-electron chi connectivity index (χ0n) is 9.29. The standard InChI is InChI=1S/C12H14FNO2/c1-7(8(2)15)5-9-3-4-10(12(14)16)11(13)6-9/h3-4,6-7H,5H2,1-2H3,(H2,14,16). The largest absolute Gasteiger partial charge is 0.366 e. The second-order valence-electron chi connectivity index (χ2n) is 3.89. The number of amides is 1. The Morgan fingerprint density at radius 3 is 2.50 bits per heavy atom. The molecule has 0 bridgehead atoms. The summed E-state index contributed by atoms with van der Waals surface area (Å²) < 4.78 is 13.4. The number of halogens is 1. The third kappa shape index (κ3) is 2.89. The summed E-state index contributed by atoms with van der Waals surface area (Å²) in [6.07, 6.45) is 0.464. The number of hydrogen-bond acceptors (Lipinski definition) is 2. The maximum atomic E-state index is 13.4. The van der Waals surface area contributed by atoms with Crippen molar-refractivity contribution >= 4 is 11.7 Å². The normalized spacial score (nSPS) is 12.2. The van der Waals surface area contributed by atoms with E-state index >= 15 is 0 Å². The van der Waals surface area contributed by atoms with Gasteiger partial charge in [-0.1, -0.05) is 13.0 Å². The highest BCUT2D eigenvalue weighted by atomic mass is 19.1. The summed E-state index contributed by atoms with van der Waals surface area (Å²) in [5.74, 6) is -1.53. The van der Waals surface area contributed by atoms with E-state index in [1.165, 1.54) is 19.1 Å². The van der Waals surface area contributed by atoms with Crippen molar-refractivity contribution in [2.24, 2.45) is 11.7 Å². The Bertz CT molecular complexity index is 429. The molecule has 0 heterocycles. The number of nitrogens with two attached hydrogens (primary N) is 1. The molecule has 2 N–H and O–H groups in total. The summed E-state index contributed by atoms with van der Waals surface area (Å²) in [6, 6.07) is 4.21. The van der Waals surface area contributed by atoms with Crippen LogP contribution in [0.4, 0.5) is 4.39 Å². The fourth-order valence-corrected chi connectivity index (χ4v) is 1.38. The molecule has 1 amide bonds. The van der Waals surface area contributed by atoms with Crippen molar-refractivity contribution in [3.63, 3.8) is 0 Å². The highest BCUT2D eigenvalue weighted by Crippen LogP contribution is 2.14. The van der Waals surface area contributed by atoms with Crippen LogP contribution in [-0.4, -0.2) is 11.7 Å². The molecular weight excluding hydrogens is 209 g/mol. The Morgan fingerprint density at radius 1 is 1.44 bits per heavy atom. The molecule has 0 spiro atoms. The van der Waals surface area contributed by atoms with Crippen LogP contribution in [0.5, 0.6) is 0 Å². The Labute approximate surface area is 93.4 Å². The molecule has 1 rings (SSSR count). The monoisotopic (exact) mass is 223 g/mol. The van der Waals surface area contributed by atoms with E-state index in [0.29, 0.717) is 12.0 Å². The number of rotatable bonds is 4. The van der Waals surface area contributed by atoms with E-state index in [-0.39, 0.29) is 17.3 Å². The van der Waals surface area contributed by atoms with E-state index in [4.69, 9.17) is 5.73 Å². The van der Waals surface area contributed by atoms with E-state index in [0.717, 1.165) is 0 Å². The molecule has 0 saturated carbocycles. The highest BCUT2D eigenvalue weighted by Gasteiger charge is 2.12. The zero-order valence-corrected chi connectivity index (χ0v) is 9.29. The minimum Gasteiger partial charge on any atom is -0.366 e. The lowest BCUT2D eigenvalue weighted by Crippen LogP contribution is -2.14. The molecule has 4 heteroatoms. The van der Waals surface area contributed by atoms with Crippen molar-refractivity contribution in [3.8, 4) is 0 Å². The first-order valence-electron chi connectivity index (χ1n) is 5.00. The summed E-state index contributed by atoms with van der Waals surface area (Å²) in [6.45, 7) is 3.28. The average molecular weight is 223 g/mol. The Hall–Kier alpha value is -1.71. The molecule has 0 aromatic heterocycles. The van der Waals surface area contributed by atoms with E-state index in [1.807, 2.05) is 0 Å². The van der Waals surface area contributed by atoms with Gasteiger partial charge in [-0.05, 0) is 31.0 Å². The number of benzene rings is 1. The smallest absolute Gasteiger partial charge is 0.251 e. The summed E-state index contributed by atoms with van der Waals surface area (Å²) in [4.78, 5) is 21.8. The maximum absolute atomic E-state index is 13.4. The molecule has 0 aliphatic rings. The molecule has 0 saturated heterocycles. The van der Waals surface area contributed by atoms with Gasteiger partial charge in [0.15, 0.2) is 0 Å². The molecule has 86 valence electrons. The lowest BCUT2D eigenvalue weighted by atomic mass is 9.97. The Morgan fingerprint density at radius 2 is 2.06 bits per heavy atom. The molecular formula is C12H14FNO2. The number of primary amides is 1. The summed E-state index contributed by atoms with van der Waals surface area (Å²) in [5.41, 5.74) is 5.54. The van der Waals surface area contributed by atoms with E-state index in [9.17, 15) is 14.0 Å². The van der Waals surface area contributed by atoms with Crippen LogP contribution in [0, 0.1) is 11.7 Å². The molecule has 1 atom stereocenters. The lowest BCUT2D eigenvalue weighted by molar-refractivity contribution is -0.120. The lowest BCUT2D eigenvalue weighted by Gasteiger charge is -2.08. The van der Waals surface area contributed by atoms with Gasteiger partial charge >= 0.3 is 0 Å². The molecule has 0 aliphatic heterocycles. The molecule has 16 heavy (non-hydrogen) atoms. The van der Waals surface area contributed by atoms with Gasteiger partial charge in [-0.15, -0.1) is 0 Å². The van der Waals surface area contributed by atoms with Crippen LogP contribution in [0.3, 0.4) is 0 Å². The highest BCUT2D eigenvalue weighted by molar-refractivity contribution is 5.93. The Balaban J connectivity index is 2.89. The molecule has 0 aliphatic carbocycles. The van der Waals surface area contributed by atoms with E-state index in [2.05, 4.69) is 0 Å². The predicted molar refractivity (Wildman–Crippen MR) is 58.5 cm³/mol. The first-order valence-corrected chi connectivity index (χ1v) is 5.00.